The summed E-state index contributed by atoms with van der Waals surface area (Å²) in [4.78, 5) is 14.9. The number of likely N-dealkylation sites (tertiary alicyclic amines) is 1. The van der Waals surface area contributed by atoms with Gasteiger partial charge in [-0.1, -0.05) is 37.0 Å². The number of halogens is 2. The molecule has 1 aromatic rings. The Morgan fingerprint density at radius 1 is 1.39 bits per heavy atom. The van der Waals surface area contributed by atoms with Crippen molar-refractivity contribution in [2.75, 3.05) is 6.54 Å². The fraction of sp³-hybridized carbons (Fsp3) is 0.556. The molecule has 1 aliphatic heterocycles. The van der Waals surface area contributed by atoms with E-state index < -0.39 is 5.54 Å². The van der Waals surface area contributed by atoms with Crippen LogP contribution in [0.1, 0.15) is 43.5 Å². The average Bonchev–Trinajstić information content (AvgIpc) is 2.95. The van der Waals surface area contributed by atoms with Crippen molar-refractivity contribution in [1.82, 2.24) is 4.90 Å². The van der Waals surface area contributed by atoms with Crippen LogP contribution < -0.4 is 0 Å². The van der Waals surface area contributed by atoms with Crippen LogP contribution in [0.4, 0.5) is 0 Å². The lowest BCUT2D eigenvalue weighted by molar-refractivity contribution is 0.0430. The van der Waals surface area contributed by atoms with Crippen LogP contribution in [0.2, 0.25) is 10.0 Å². The second-order valence-corrected chi connectivity index (χ2v) is 8.52. The molecule has 2 saturated carbocycles. The molecule has 0 aromatic heterocycles. The quantitative estimate of drug-likeness (QED) is 0.747. The molecule has 1 saturated heterocycles. The van der Waals surface area contributed by atoms with Crippen molar-refractivity contribution in [1.29, 1.82) is 5.26 Å². The van der Waals surface area contributed by atoms with E-state index in [9.17, 15) is 10.1 Å². The van der Waals surface area contributed by atoms with Crippen LogP contribution in [-0.4, -0.2) is 22.9 Å². The Morgan fingerprint density at radius 3 is 2.74 bits per heavy atom. The molecule has 4 bridgehead atoms. The lowest BCUT2D eigenvalue weighted by atomic mass is 9.66. The minimum absolute atomic E-state index is 0.0251. The zero-order valence-corrected chi connectivity index (χ0v) is 14.7. The van der Waals surface area contributed by atoms with E-state index in [-0.39, 0.29) is 16.7 Å². The van der Waals surface area contributed by atoms with E-state index in [4.69, 9.17) is 23.2 Å². The Labute approximate surface area is 146 Å². The summed E-state index contributed by atoms with van der Waals surface area (Å²) in [6.45, 7) is 5.08. The number of amides is 1. The highest BCUT2D eigenvalue weighted by Gasteiger charge is 2.78. The molecular formula is C18H18Cl2N2O. The summed E-state index contributed by atoms with van der Waals surface area (Å²) in [7, 11) is 0. The first-order valence-corrected chi connectivity index (χ1v) is 8.73. The van der Waals surface area contributed by atoms with Crippen molar-refractivity contribution in [3.63, 3.8) is 0 Å². The zero-order chi connectivity index (χ0) is 16.6. The topological polar surface area (TPSA) is 44.1 Å². The third-order valence-corrected chi connectivity index (χ3v) is 7.70. The number of nitriles is 1. The maximum Gasteiger partial charge on any atom is 0.256 e. The number of nitrogens with zero attached hydrogens (tertiary/aromatic N) is 2. The van der Waals surface area contributed by atoms with Gasteiger partial charge < -0.3 is 4.90 Å². The minimum atomic E-state index is -0.704. The van der Waals surface area contributed by atoms with E-state index in [1.54, 1.807) is 23.1 Å². The van der Waals surface area contributed by atoms with Crippen LogP contribution in [0.15, 0.2) is 18.2 Å². The minimum Gasteiger partial charge on any atom is -0.319 e. The molecule has 4 rings (SSSR count). The molecule has 0 spiro atoms. The van der Waals surface area contributed by atoms with Gasteiger partial charge in [-0.3, -0.25) is 4.79 Å². The molecule has 5 heteroatoms. The third-order valence-electron chi connectivity index (χ3n) is 7.15. The van der Waals surface area contributed by atoms with Gasteiger partial charge in [0.1, 0.15) is 5.54 Å². The van der Waals surface area contributed by atoms with E-state index in [1.807, 2.05) is 0 Å². The highest BCUT2D eigenvalue weighted by atomic mass is 35.5. The van der Waals surface area contributed by atoms with E-state index in [1.165, 1.54) is 6.42 Å². The van der Waals surface area contributed by atoms with Gasteiger partial charge in [0.15, 0.2) is 0 Å². The number of rotatable bonds is 1. The van der Waals surface area contributed by atoms with Crippen molar-refractivity contribution in [3.05, 3.63) is 33.8 Å². The predicted octanol–water partition coefficient (Wildman–Crippen LogP) is 4.54. The summed E-state index contributed by atoms with van der Waals surface area (Å²) in [5.41, 5.74) is -0.378. The monoisotopic (exact) mass is 348 g/mol. The molecule has 3 aliphatic rings. The molecule has 1 heterocycles. The van der Waals surface area contributed by atoms with Crippen molar-refractivity contribution >= 4 is 29.1 Å². The molecule has 2 aliphatic carbocycles. The summed E-state index contributed by atoms with van der Waals surface area (Å²) < 4.78 is 0. The highest BCUT2D eigenvalue weighted by molar-refractivity contribution is 6.36. The first-order chi connectivity index (χ1) is 10.8. The molecular weight excluding hydrogens is 331 g/mol. The number of carbonyl (C=O) groups excluding carboxylic acids is 1. The Kier molecular flexibility index (Phi) is 2.95. The Bertz CT molecular complexity index is 773. The van der Waals surface area contributed by atoms with Crippen LogP contribution >= 0.6 is 23.2 Å². The van der Waals surface area contributed by atoms with E-state index in [0.29, 0.717) is 28.1 Å². The fourth-order valence-corrected chi connectivity index (χ4v) is 6.05. The lowest BCUT2D eigenvalue weighted by Crippen LogP contribution is -2.54. The Morgan fingerprint density at radius 2 is 2.13 bits per heavy atom. The Hall–Kier alpha value is -1.24. The molecule has 0 radical (unpaired) electrons. The van der Waals surface area contributed by atoms with Crippen LogP contribution in [0.25, 0.3) is 0 Å². The standard InChI is InChI=1S/C18H18Cl2N2O/c1-16-10-22(15(23)13-4-3-12(19)7-14(13)20)18(9-21)8-11(16)5-6-17(16,18)2/h3-4,7,11H,5-6,8,10H2,1-2H3/t11-,16+,17+,18+/m1/s1. The van der Waals surface area contributed by atoms with Gasteiger partial charge >= 0.3 is 0 Å². The smallest absolute Gasteiger partial charge is 0.256 e. The van der Waals surface area contributed by atoms with Crippen molar-refractivity contribution in [3.8, 4) is 6.07 Å². The molecule has 0 N–H and O–H groups in total. The summed E-state index contributed by atoms with van der Waals surface area (Å²) >= 11 is 12.2. The summed E-state index contributed by atoms with van der Waals surface area (Å²) in [6, 6.07) is 7.45. The zero-order valence-electron chi connectivity index (χ0n) is 13.2. The van der Waals surface area contributed by atoms with Crippen LogP contribution in [0.3, 0.4) is 0 Å². The number of carbonyl (C=O) groups is 1. The molecule has 1 aromatic carbocycles. The van der Waals surface area contributed by atoms with Gasteiger partial charge in [-0.15, -0.1) is 0 Å². The first-order valence-electron chi connectivity index (χ1n) is 7.97. The molecule has 0 unspecified atom stereocenters. The number of benzene rings is 1. The summed E-state index contributed by atoms with van der Waals surface area (Å²) in [5, 5.41) is 10.9. The van der Waals surface area contributed by atoms with Crippen LogP contribution in [0, 0.1) is 28.1 Å². The maximum atomic E-state index is 13.1. The van der Waals surface area contributed by atoms with Gasteiger partial charge in [0.05, 0.1) is 16.7 Å². The van der Waals surface area contributed by atoms with Gasteiger partial charge in [-0.05, 0) is 48.8 Å². The van der Waals surface area contributed by atoms with E-state index in [2.05, 4.69) is 19.9 Å². The predicted molar refractivity (Wildman–Crippen MR) is 89.4 cm³/mol. The molecule has 1 amide bonds. The van der Waals surface area contributed by atoms with Gasteiger partial charge in [0.2, 0.25) is 0 Å². The van der Waals surface area contributed by atoms with Gasteiger partial charge in [0.25, 0.3) is 5.91 Å². The molecule has 4 atom stereocenters. The van der Waals surface area contributed by atoms with Gasteiger partial charge in [0, 0.05) is 17.0 Å². The summed E-state index contributed by atoms with van der Waals surface area (Å²) in [5.74, 6) is 0.389. The maximum absolute atomic E-state index is 13.1. The SMILES string of the molecule is C[C@@]12CC[C@@H]3C[C@@]1(C#N)N(C(=O)c1ccc(Cl)cc1Cl)C[C@@]32C. The largest absolute Gasteiger partial charge is 0.319 e. The highest BCUT2D eigenvalue weighted by Crippen LogP contribution is 2.75. The number of hydrogen-bond acceptors (Lipinski definition) is 2. The molecule has 120 valence electrons. The lowest BCUT2D eigenvalue weighted by Gasteiger charge is -2.43. The van der Waals surface area contributed by atoms with E-state index in [0.717, 1.165) is 12.8 Å². The second kappa shape index (κ2) is 4.43. The second-order valence-electron chi connectivity index (χ2n) is 7.68. The first kappa shape index (κ1) is 15.3. The number of hydrogen-bond donors (Lipinski definition) is 0. The van der Waals surface area contributed by atoms with Gasteiger partial charge in [-0.25, -0.2) is 0 Å². The third kappa shape index (κ3) is 1.55. The van der Waals surface area contributed by atoms with Crippen molar-refractivity contribution < 1.29 is 4.79 Å². The molecule has 23 heavy (non-hydrogen) atoms. The van der Waals surface area contributed by atoms with E-state index >= 15 is 0 Å². The van der Waals surface area contributed by atoms with Gasteiger partial charge in [-0.2, -0.15) is 5.26 Å². The Balaban J connectivity index is 1.80. The molecule has 3 fully saturated rings. The van der Waals surface area contributed by atoms with Crippen molar-refractivity contribution in [2.45, 2.75) is 38.6 Å². The van der Waals surface area contributed by atoms with Crippen LogP contribution in [-0.2, 0) is 0 Å². The van der Waals surface area contributed by atoms with Crippen molar-refractivity contribution in [2.24, 2.45) is 16.7 Å². The number of piperidine rings is 1. The van der Waals surface area contributed by atoms with Crippen LogP contribution in [0.5, 0.6) is 0 Å². The average molecular weight is 349 g/mol. The normalized spacial score (nSPS) is 40.5. The fourth-order valence-electron chi connectivity index (χ4n) is 5.56. The molecule has 3 nitrogen and oxygen atoms in total. The summed E-state index contributed by atoms with van der Waals surface area (Å²) in [6.07, 6.45) is 2.97.